The van der Waals surface area contributed by atoms with Crippen LogP contribution in [0.25, 0.3) is 5.69 Å². The van der Waals surface area contributed by atoms with Gasteiger partial charge in [0.25, 0.3) is 5.91 Å². The Labute approximate surface area is 154 Å². The van der Waals surface area contributed by atoms with Gasteiger partial charge in [0.05, 0.1) is 28.9 Å². The molecule has 0 bridgehead atoms. The lowest BCUT2D eigenvalue weighted by molar-refractivity contribution is -0.165. The molecule has 0 saturated carbocycles. The van der Waals surface area contributed by atoms with Crippen LogP contribution in [0.1, 0.15) is 24.2 Å². The molecule has 6 nitrogen and oxygen atoms in total. The molecule has 25 heavy (non-hydrogen) atoms. The van der Waals surface area contributed by atoms with Crippen molar-refractivity contribution < 1.29 is 9.59 Å². The monoisotopic (exact) mass is 402 g/mol. The second-order valence-electron chi connectivity index (χ2n) is 7.31. The van der Waals surface area contributed by atoms with E-state index in [9.17, 15) is 9.59 Å². The van der Waals surface area contributed by atoms with Crippen molar-refractivity contribution in [3.8, 4) is 5.69 Å². The second kappa shape index (κ2) is 5.69. The minimum absolute atomic E-state index is 0.0400. The summed E-state index contributed by atoms with van der Waals surface area (Å²) in [6.07, 6.45) is 3.33. The van der Waals surface area contributed by atoms with Gasteiger partial charge in [-0.25, -0.2) is 4.68 Å². The number of nitrogens with zero attached hydrogens (tertiary/aromatic N) is 4. The molecule has 0 N–H and O–H groups in total. The Balaban J connectivity index is 1.41. The van der Waals surface area contributed by atoms with Gasteiger partial charge in [-0.05, 0) is 41.9 Å². The third-order valence-electron chi connectivity index (χ3n) is 4.92. The first-order chi connectivity index (χ1) is 11.9. The number of carbonyl (C=O) groups is 2. The zero-order valence-corrected chi connectivity index (χ0v) is 15.7. The van der Waals surface area contributed by atoms with Gasteiger partial charge in [-0.1, -0.05) is 12.1 Å². The average molecular weight is 403 g/mol. The molecule has 2 fully saturated rings. The number of benzene rings is 1. The minimum Gasteiger partial charge on any atom is -0.335 e. The van der Waals surface area contributed by atoms with Crippen molar-refractivity contribution in [2.75, 3.05) is 19.6 Å². The van der Waals surface area contributed by atoms with E-state index in [-0.39, 0.29) is 23.3 Å². The van der Waals surface area contributed by atoms with Crippen molar-refractivity contribution >= 4 is 27.7 Å². The summed E-state index contributed by atoms with van der Waals surface area (Å²) in [4.78, 5) is 28.3. The van der Waals surface area contributed by atoms with Crippen LogP contribution in [-0.2, 0) is 4.79 Å². The van der Waals surface area contributed by atoms with Crippen LogP contribution in [0, 0.1) is 5.41 Å². The molecule has 0 unspecified atom stereocenters. The number of para-hydroxylation sites is 1. The summed E-state index contributed by atoms with van der Waals surface area (Å²) in [5.41, 5.74) is 1.20. The molecule has 2 amide bonds. The van der Waals surface area contributed by atoms with Crippen LogP contribution < -0.4 is 0 Å². The standard InChI is InChI=1S/C18H19BrN4O2/c1-18(2)11-22(17(18)25)13-9-21(10-13)16(24)12-7-20-23(8-12)15-6-4-3-5-14(15)19/h3-8,13H,9-11H2,1-2H3. The van der Waals surface area contributed by atoms with Crippen molar-refractivity contribution in [2.24, 2.45) is 5.41 Å². The van der Waals surface area contributed by atoms with Crippen molar-refractivity contribution in [3.05, 3.63) is 46.7 Å². The summed E-state index contributed by atoms with van der Waals surface area (Å²) >= 11 is 3.49. The molecular formula is C18H19BrN4O2. The number of hydrogen-bond acceptors (Lipinski definition) is 3. The average Bonchev–Trinajstić information content (AvgIpc) is 3.02. The Hall–Kier alpha value is -2.15. The van der Waals surface area contributed by atoms with Crippen LogP contribution in [-0.4, -0.2) is 57.1 Å². The molecule has 4 rings (SSSR count). The van der Waals surface area contributed by atoms with Crippen LogP contribution in [0.5, 0.6) is 0 Å². The third-order valence-corrected chi connectivity index (χ3v) is 5.60. The van der Waals surface area contributed by atoms with Gasteiger partial charge in [0.15, 0.2) is 0 Å². The fourth-order valence-corrected chi connectivity index (χ4v) is 3.83. The number of amides is 2. The molecule has 3 heterocycles. The van der Waals surface area contributed by atoms with Crippen LogP contribution in [0.3, 0.4) is 0 Å². The van der Waals surface area contributed by atoms with Crippen LogP contribution in [0.15, 0.2) is 41.1 Å². The number of carbonyl (C=O) groups excluding carboxylic acids is 2. The predicted molar refractivity (Wildman–Crippen MR) is 96.4 cm³/mol. The van der Waals surface area contributed by atoms with Gasteiger partial charge >= 0.3 is 0 Å². The summed E-state index contributed by atoms with van der Waals surface area (Å²) in [5, 5.41) is 4.30. The number of halogens is 1. The molecule has 0 atom stereocenters. The molecule has 0 radical (unpaired) electrons. The predicted octanol–water partition coefficient (Wildman–Crippen LogP) is 2.33. The highest BCUT2D eigenvalue weighted by molar-refractivity contribution is 9.10. The first-order valence-corrected chi connectivity index (χ1v) is 9.06. The molecule has 2 aliphatic rings. The highest BCUT2D eigenvalue weighted by Gasteiger charge is 2.50. The molecule has 0 spiro atoms. The summed E-state index contributed by atoms with van der Waals surface area (Å²) in [7, 11) is 0. The van der Waals surface area contributed by atoms with Crippen molar-refractivity contribution in [1.82, 2.24) is 19.6 Å². The Kier molecular flexibility index (Phi) is 3.72. The summed E-state index contributed by atoms with van der Waals surface area (Å²) in [6.45, 7) is 5.90. The topological polar surface area (TPSA) is 58.4 Å². The molecule has 2 aliphatic heterocycles. The molecule has 7 heteroatoms. The van der Waals surface area contributed by atoms with Gasteiger partial charge in [0.1, 0.15) is 0 Å². The van der Waals surface area contributed by atoms with E-state index in [2.05, 4.69) is 21.0 Å². The molecule has 0 aliphatic carbocycles. The van der Waals surface area contributed by atoms with E-state index in [1.165, 1.54) is 0 Å². The van der Waals surface area contributed by atoms with Crippen LogP contribution in [0.2, 0.25) is 0 Å². The van der Waals surface area contributed by atoms with Crippen LogP contribution >= 0.6 is 15.9 Å². The first-order valence-electron chi connectivity index (χ1n) is 8.27. The van der Waals surface area contributed by atoms with Crippen LogP contribution in [0.4, 0.5) is 0 Å². The number of hydrogen-bond donors (Lipinski definition) is 0. The fraction of sp³-hybridized carbons (Fsp3) is 0.389. The zero-order chi connectivity index (χ0) is 17.8. The molecular weight excluding hydrogens is 384 g/mol. The van der Waals surface area contributed by atoms with Gasteiger partial charge in [-0.15, -0.1) is 0 Å². The van der Waals surface area contributed by atoms with Gasteiger partial charge in [-0.2, -0.15) is 5.10 Å². The Bertz CT molecular complexity index is 854. The second-order valence-corrected chi connectivity index (χ2v) is 8.16. The van der Waals surface area contributed by atoms with Gasteiger partial charge in [0, 0.05) is 30.3 Å². The molecule has 2 saturated heterocycles. The van der Waals surface area contributed by atoms with E-state index in [0.29, 0.717) is 18.7 Å². The summed E-state index contributed by atoms with van der Waals surface area (Å²) in [5.74, 6) is 0.146. The molecule has 1 aromatic heterocycles. The number of likely N-dealkylation sites (tertiary alicyclic amines) is 2. The van der Waals surface area contributed by atoms with E-state index in [0.717, 1.165) is 16.7 Å². The number of β-lactam (4-membered cyclic amide) rings is 1. The maximum Gasteiger partial charge on any atom is 0.257 e. The number of aromatic nitrogens is 2. The largest absolute Gasteiger partial charge is 0.335 e. The number of rotatable bonds is 3. The summed E-state index contributed by atoms with van der Waals surface area (Å²) in [6, 6.07) is 7.88. The Morgan fingerprint density at radius 1 is 1.28 bits per heavy atom. The van der Waals surface area contributed by atoms with E-state index in [4.69, 9.17) is 0 Å². The zero-order valence-electron chi connectivity index (χ0n) is 14.1. The van der Waals surface area contributed by atoms with Gasteiger partial charge < -0.3 is 9.80 Å². The highest BCUT2D eigenvalue weighted by atomic mass is 79.9. The van der Waals surface area contributed by atoms with E-state index in [1.54, 1.807) is 22.0 Å². The van der Waals surface area contributed by atoms with Gasteiger partial charge in [-0.3, -0.25) is 9.59 Å². The van der Waals surface area contributed by atoms with Crippen molar-refractivity contribution in [2.45, 2.75) is 19.9 Å². The SMILES string of the molecule is CC1(C)CN(C2CN(C(=O)c3cnn(-c4ccccc4Br)c3)C2)C1=O. The van der Waals surface area contributed by atoms with E-state index in [1.807, 2.05) is 43.0 Å². The molecule has 130 valence electrons. The van der Waals surface area contributed by atoms with Gasteiger partial charge in [0.2, 0.25) is 5.91 Å². The summed E-state index contributed by atoms with van der Waals surface area (Å²) < 4.78 is 2.61. The first kappa shape index (κ1) is 16.3. The molecule has 1 aromatic carbocycles. The maximum absolute atomic E-state index is 12.6. The lowest BCUT2D eigenvalue weighted by Gasteiger charge is -2.54. The normalized spacial score (nSPS) is 19.6. The smallest absolute Gasteiger partial charge is 0.257 e. The third kappa shape index (κ3) is 2.66. The maximum atomic E-state index is 12.6. The van der Waals surface area contributed by atoms with Crippen molar-refractivity contribution in [1.29, 1.82) is 0 Å². The van der Waals surface area contributed by atoms with E-state index < -0.39 is 0 Å². The molecule has 2 aromatic rings. The fourth-order valence-electron chi connectivity index (χ4n) is 3.36. The highest BCUT2D eigenvalue weighted by Crippen LogP contribution is 2.35. The lowest BCUT2D eigenvalue weighted by Crippen LogP contribution is -2.70. The Morgan fingerprint density at radius 3 is 2.64 bits per heavy atom. The quantitative estimate of drug-likeness (QED) is 0.740. The Morgan fingerprint density at radius 2 is 2.00 bits per heavy atom. The lowest BCUT2D eigenvalue weighted by atomic mass is 9.81. The van der Waals surface area contributed by atoms with Crippen molar-refractivity contribution in [3.63, 3.8) is 0 Å². The van der Waals surface area contributed by atoms with E-state index >= 15 is 0 Å². The minimum atomic E-state index is -0.241.